The van der Waals surface area contributed by atoms with E-state index in [1.54, 1.807) is 26.0 Å². The molecule has 9 nitrogen and oxygen atoms in total. The van der Waals surface area contributed by atoms with Gasteiger partial charge in [0, 0.05) is 29.2 Å². The third-order valence-electron chi connectivity index (χ3n) is 7.61. The highest BCUT2D eigenvalue weighted by Crippen LogP contribution is 2.47. The molecule has 2 N–H and O–H groups in total. The van der Waals surface area contributed by atoms with E-state index in [2.05, 4.69) is 13.8 Å². The van der Waals surface area contributed by atoms with Gasteiger partial charge in [0.05, 0.1) is 35.8 Å². The van der Waals surface area contributed by atoms with Crippen LogP contribution in [0.4, 0.5) is 0 Å². The number of carbonyl (C=O) groups is 4. The van der Waals surface area contributed by atoms with Gasteiger partial charge in [0.2, 0.25) is 5.78 Å². The van der Waals surface area contributed by atoms with E-state index in [4.69, 9.17) is 14.2 Å². The van der Waals surface area contributed by atoms with Gasteiger partial charge in [-0.3, -0.25) is 19.2 Å². The molecule has 4 rings (SSSR count). The maximum absolute atomic E-state index is 13.4. The Kier molecular flexibility index (Phi) is 8.35. The molecule has 2 aromatic carbocycles. The zero-order valence-electron chi connectivity index (χ0n) is 23.6. The number of ketones is 3. The van der Waals surface area contributed by atoms with Crippen LogP contribution >= 0.6 is 0 Å². The molecule has 0 amide bonds. The van der Waals surface area contributed by atoms with Crippen LogP contribution in [0.2, 0.25) is 0 Å². The summed E-state index contributed by atoms with van der Waals surface area (Å²) in [6.45, 7) is 7.86. The molecule has 0 saturated heterocycles. The second-order valence-electron chi connectivity index (χ2n) is 11.5. The Labute approximate surface area is 233 Å². The number of phenols is 2. The van der Waals surface area contributed by atoms with Gasteiger partial charge >= 0.3 is 5.97 Å². The third kappa shape index (κ3) is 5.61. The van der Waals surface area contributed by atoms with Crippen molar-refractivity contribution in [2.75, 3.05) is 20.3 Å². The Balaban J connectivity index is 1.49. The lowest BCUT2D eigenvalue weighted by atomic mass is 9.75. The fraction of sp³-hybridized carbons (Fsp3) is 0.484. The van der Waals surface area contributed by atoms with Crippen LogP contribution in [0.5, 0.6) is 17.2 Å². The molecular weight excluding hydrogens is 516 g/mol. The summed E-state index contributed by atoms with van der Waals surface area (Å²) in [5.41, 5.74) is -0.574. The average molecular weight is 553 g/mol. The van der Waals surface area contributed by atoms with Crippen molar-refractivity contribution >= 4 is 23.3 Å². The van der Waals surface area contributed by atoms with E-state index in [0.29, 0.717) is 24.5 Å². The van der Waals surface area contributed by atoms with Crippen molar-refractivity contribution in [3.63, 3.8) is 0 Å². The van der Waals surface area contributed by atoms with Crippen molar-refractivity contribution in [3.05, 3.63) is 51.6 Å². The maximum atomic E-state index is 13.4. The van der Waals surface area contributed by atoms with Crippen molar-refractivity contribution < 1.29 is 43.6 Å². The number of hydrogen-bond donors (Lipinski definition) is 2. The molecule has 2 aliphatic carbocycles. The number of methoxy groups -OCH3 is 1. The number of rotatable bonds is 10. The fourth-order valence-corrected chi connectivity index (χ4v) is 5.37. The monoisotopic (exact) mass is 552 g/mol. The van der Waals surface area contributed by atoms with E-state index in [1.165, 1.54) is 13.2 Å². The van der Waals surface area contributed by atoms with Gasteiger partial charge in [-0.2, -0.15) is 0 Å². The molecule has 2 aliphatic rings. The number of aromatic hydroxyl groups is 2. The first-order valence-corrected chi connectivity index (χ1v) is 13.5. The summed E-state index contributed by atoms with van der Waals surface area (Å²) in [5.74, 6) is -2.80. The Hall–Kier alpha value is -3.72. The summed E-state index contributed by atoms with van der Waals surface area (Å²) in [5, 5.41) is 22.3. The minimum Gasteiger partial charge on any atom is -0.507 e. The topological polar surface area (TPSA) is 136 Å². The standard InChI is InChI=1S/C31H36O9/c1-16(2)11-12-40-31(3,4)14-23(33)39-15-21(32)17-9-10-18-20(13-17)29(36)25-26(27(18)34)30(37)24-19(28(25)35)7-6-8-22(24)38-5/h6-8,16-17,34,36H,9-15H2,1-5H3. The number of hydrogen-bond acceptors (Lipinski definition) is 9. The van der Waals surface area contributed by atoms with E-state index in [0.717, 1.165) is 6.42 Å². The molecule has 1 atom stereocenters. The van der Waals surface area contributed by atoms with Crippen LogP contribution in [-0.2, 0) is 31.9 Å². The van der Waals surface area contributed by atoms with Crippen molar-refractivity contribution in [2.45, 2.75) is 65.4 Å². The van der Waals surface area contributed by atoms with E-state index >= 15 is 0 Å². The van der Waals surface area contributed by atoms with E-state index in [-0.39, 0.29) is 64.4 Å². The Morgan fingerprint density at radius 3 is 2.38 bits per heavy atom. The van der Waals surface area contributed by atoms with Gasteiger partial charge in [0.1, 0.15) is 23.9 Å². The molecule has 0 aromatic heterocycles. The van der Waals surface area contributed by atoms with Gasteiger partial charge in [-0.1, -0.05) is 26.0 Å². The largest absolute Gasteiger partial charge is 0.507 e. The number of fused-ring (bicyclic) bond motifs is 3. The quantitative estimate of drug-likeness (QED) is 0.278. The second-order valence-corrected chi connectivity index (χ2v) is 11.5. The van der Waals surface area contributed by atoms with Crippen LogP contribution in [0.25, 0.3) is 0 Å². The number of carbonyl (C=O) groups excluding carboxylic acids is 4. The summed E-state index contributed by atoms with van der Waals surface area (Å²) in [7, 11) is 1.38. The van der Waals surface area contributed by atoms with Gasteiger partial charge in [-0.05, 0) is 51.5 Å². The lowest BCUT2D eigenvalue weighted by molar-refractivity contribution is -0.154. The predicted molar refractivity (Wildman–Crippen MR) is 145 cm³/mol. The fourth-order valence-electron chi connectivity index (χ4n) is 5.37. The Morgan fingerprint density at radius 2 is 1.70 bits per heavy atom. The Bertz CT molecular complexity index is 1370. The van der Waals surface area contributed by atoms with Crippen molar-refractivity contribution in [1.29, 1.82) is 0 Å². The lowest BCUT2D eigenvalue weighted by Crippen LogP contribution is -2.32. The molecule has 0 spiro atoms. The molecule has 40 heavy (non-hydrogen) atoms. The molecule has 2 aromatic rings. The minimum absolute atomic E-state index is 0.00489. The molecule has 214 valence electrons. The first-order chi connectivity index (χ1) is 18.9. The zero-order chi connectivity index (χ0) is 29.4. The molecule has 0 bridgehead atoms. The van der Waals surface area contributed by atoms with Crippen molar-refractivity contribution in [2.24, 2.45) is 11.8 Å². The zero-order valence-corrected chi connectivity index (χ0v) is 23.6. The average Bonchev–Trinajstić information content (AvgIpc) is 2.90. The highest BCUT2D eigenvalue weighted by molar-refractivity contribution is 6.31. The minimum atomic E-state index is -0.728. The van der Waals surface area contributed by atoms with Crippen LogP contribution in [0.1, 0.15) is 89.9 Å². The highest BCUT2D eigenvalue weighted by atomic mass is 16.5. The molecule has 1 unspecified atom stereocenters. The van der Waals surface area contributed by atoms with Crippen LogP contribution in [-0.4, -0.2) is 59.5 Å². The SMILES string of the molecule is COc1cccc2c1C(=O)c1c(O)c3c(c(O)c1C2=O)CC(C(=O)COC(=O)CC(C)(C)OCCC(C)C)CC3. The number of ether oxygens (including phenoxy) is 3. The molecule has 9 heteroatoms. The number of esters is 1. The van der Waals surface area contributed by atoms with E-state index in [1.807, 2.05) is 0 Å². The van der Waals surface area contributed by atoms with Crippen LogP contribution in [0.15, 0.2) is 18.2 Å². The number of benzene rings is 2. The molecule has 0 fully saturated rings. The van der Waals surface area contributed by atoms with Crippen LogP contribution in [0.3, 0.4) is 0 Å². The summed E-state index contributed by atoms with van der Waals surface area (Å²) >= 11 is 0. The van der Waals surface area contributed by atoms with Crippen molar-refractivity contribution in [3.8, 4) is 17.2 Å². The van der Waals surface area contributed by atoms with E-state index < -0.39 is 41.4 Å². The van der Waals surface area contributed by atoms with Gasteiger partial charge in [-0.15, -0.1) is 0 Å². The molecule has 0 saturated carbocycles. The summed E-state index contributed by atoms with van der Waals surface area (Å²) in [6, 6.07) is 4.58. The summed E-state index contributed by atoms with van der Waals surface area (Å²) in [6.07, 6.45) is 1.42. The molecule has 0 radical (unpaired) electrons. The predicted octanol–water partition coefficient (Wildman–Crippen LogP) is 4.33. The van der Waals surface area contributed by atoms with Gasteiger partial charge in [-0.25, -0.2) is 0 Å². The van der Waals surface area contributed by atoms with Crippen LogP contribution in [0, 0.1) is 11.8 Å². The van der Waals surface area contributed by atoms with E-state index in [9.17, 15) is 29.4 Å². The smallest absolute Gasteiger partial charge is 0.309 e. The van der Waals surface area contributed by atoms with Crippen molar-refractivity contribution in [1.82, 2.24) is 0 Å². The first-order valence-electron chi connectivity index (χ1n) is 13.5. The molecule has 0 heterocycles. The highest BCUT2D eigenvalue weighted by Gasteiger charge is 2.41. The normalized spacial score (nSPS) is 16.3. The van der Waals surface area contributed by atoms with Gasteiger partial charge in [0.25, 0.3) is 0 Å². The molecular formula is C31H36O9. The van der Waals surface area contributed by atoms with Gasteiger partial charge in [0.15, 0.2) is 11.6 Å². The van der Waals surface area contributed by atoms with Gasteiger partial charge < -0.3 is 24.4 Å². The first kappa shape index (κ1) is 29.3. The second kappa shape index (κ2) is 11.4. The molecule has 0 aliphatic heterocycles. The van der Waals surface area contributed by atoms with Crippen LogP contribution < -0.4 is 4.74 Å². The Morgan fingerprint density at radius 1 is 1.02 bits per heavy atom. The number of phenolic OH excluding ortho intramolecular Hbond substituents is 2. The number of Topliss-reactive ketones (excluding diaryl/α,β-unsaturated/α-hetero) is 1. The maximum Gasteiger partial charge on any atom is 0.309 e. The summed E-state index contributed by atoms with van der Waals surface area (Å²) in [4.78, 5) is 52.1. The third-order valence-corrected chi connectivity index (χ3v) is 7.61. The summed E-state index contributed by atoms with van der Waals surface area (Å²) < 4.78 is 16.3. The lowest BCUT2D eigenvalue weighted by Gasteiger charge is -2.29.